The van der Waals surface area contributed by atoms with E-state index in [0.29, 0.717) is 31.4 Å². The van der Waals surface area contributed by atoms with Gasteiger partial charge in [0, 0.05) is 51.4 Å². The minimum Gasteiger partial charge on any atom is -0.383 e. The molecule has 2 heterocycles. The molecule has 0 spiro atoms. The maximum Gasteiger partial charge on any atom is 0.274 e. The molecule has 0 radical (unpaired) electrons. The Kier molecular flexibility index (Phi) is 7.41. The number of nitrogens with zero attached hydrogens (tertiary/aromatic N) is 4. The highest BCUT2D eigenvalue weighted by molar-refractivity contribution is 7.15. The second-order valence-corrected chi connectivity index (χ2v) is 8.36. The summed E-state index contributed by atoms with van der Waals surface area (Å²) >= 11 is 1.55. The van der Waals surface area contributed by atoms with E-state index < -0.39 is 0 Å². The molecule has 0 atom stereocenters. The molecule has 0 N–H and O–H groups in total. The Morgan fingerprint density at radius 2 is 2.00 bits per heavy atom. The highest BCUT2D eigenvalue weighted by atomic mass is 32.1. The van der Waals surface area contributed by atoms with Crippen LogP contribution in [0.15, 0.2) is 41.9 Å². The summed E-state index contributed by atoms with van der Waals surface area (Å²) in [5.41, 5.74) is 2.72. The first-order valence-corrected chi connectivity index (χ1v) is 10.9. The Balaban J connectivity index is 1.79. The first kappa shape index (κ1) is 21.5. The van der Waals surface area contributed by atoms with Crippen LogP contribution in [0.4, 0.5) is 0 Å². The zero-order valence-electron chi connectivity index (χ0n) is 17.7. The quantitative estimate of drug-likeness (QED) is 0.509. The molecule has 2 aromatic heterocycles. The van der Waals surface area contributed by atoms with Gasteiger partial charge in [-0.25, -0.2) is 4.98 Å². The molecule has 0 unspecified atom stereocenters. The number of benzene rings is 1. The number of hydrogen-bond acceptors (Lipinski definition) is 5. The number of rotatable bonds is 10. The van der Waals surface area contributed by atoms with Crippen LogP contribution in [0.25, 0.3) is 4.96 Å². The third kappa shape index (κ3) is 5.23. The summed E-state index contributed by atoms with van der Waals surface area (Å²) in [6.07, 6.45) is 2.82. The first-order valence-electron chi connectivity index (χ1n) is 9.98. The first-order chi connectivity index (χ1) is 14.0. The molecule has 0 aliphatic heterocycles. The summed E-state index contributed by atoms with van der Waals surface area (Å²) in [4.78, 5) is 22.8. The molecule has 3 rings (SSSR count). The summed E-state index contributed by atoms with van der Waals surface area (Å²) < 4.78 is 7.31. The number of hydrogen-bond donors (Lipinski definition) is 0. The van der Waals surface area contributed by atoms with Crippen LogP contribution in [-0.4, -0.2) is 65.0 Å². The van der Waals surface area contributed by atoms with E-state index in [1.54, 1.807) is 23.3 Å². The number of likely N-dealkylation sites (N-methyl/N-ethyl adjacent to an activating group) is 1. The summed E-state index contributed by atoms with van der Waals surface area (Å²) in [6.45, 7) is 7.11. The molecule has 0 bridgehead atoms. The van der Waals surface area contributed by atoms with E-state index in [1.165, 1.54) is 5.56 Å². The lowest BCUT2D eigenvalue weighted by molar-refractivity contribution is 0.0786. The topological polar surface area (TPSA) is 50.1 Å². The van der Waals surface area contributed by atoms with Gasteiger partial charge in [-0.2, -0.15) is 0 Å². The van der Waals surface area contributed by atoms with Crippen molar-refractivity contribution in [1.82, 2.24) is 19.2 Å². The molecule has 1 amide bonds. The largest absolute Gasteiger partial charge is 0.383 e. The van der Waals surface area contributed by atoms with Crippen LogP contribution in [-0.2, 0) is 17.7 Å². The summed E-state index contributed by atoms with van der Waals surface area (Å²) in [5.74, 6) is -0.0257. The number of ether oxygens (including phenoxy) is 1. The smallest absolute Gasteiger partial charge is 0.274 e. The monoisotopic (exact) mass is 414 g/mol. The number of thiazole rings is 1. The summed E-state index contributed by atoms with van der Waals surface area (Å²) in [7, 11) is 3.57. The average Bonchev–Trinajstić information content (AvgIpc) is 3.31. The normalized spacial score (nSPS) is 11.7. The molecule has 7 heteroatoms. The molecule has 6 nitrogen and oxygen atoms in total. The fraction of sp³-hybridized carbons (Fsp3) is 0.455. The van der Waals surface area contributed by atoms with Crippen molar-refractivity contribution in [3.05, 3.63) is 58.9 Å². The highest BCUT2D eigenvalue weighted by Gasteiger charge is 2.24. The number of carbonyl (C=O) groups excluding carboxylic acids is 1. The molecule has 0 saturated carbocycles. The number of methoxy groups -OCH3 is 1. The van der Waals surface area contributed by atoms with E-state index in [2.05, 4.69) is 35.9 Å². The molecule has 0 aliphatic carbocycles. The second kappa shape index (κ2) is 10.0. The van der Waals surface area contributed by atoms with E-state index in [-0.39, 0.29) is 5.91 Å². The second-order valence-electron chi connectivity index (χ2n) is 7.48. The fourth-order valence-electron chi connectivity index (χ4n) is 3.30. The van der Waals surface area contributed by atoms with Gasteiger partial charge in [-0.1, -0.05) is 30.3 Å². The lowest BCUT2D eigenvalue weighted by Crippen LogP contribution is -2.35. The fourth-order valence-corrected chi connectivity index (χ4v) is 4.03. The van der Waals surface area contributed by atoms with Gasteiger partial charge < -0.3 is 9.64 Å². The average molecular weight is 415 g/mol. The van der Waals surface area contributed by atoms with Gasteiger partial charge in [-0.15, -0.1) is 11.3 Å². The van der Waals surface area contributed by atoms with Crippen LogP contribution >= 0.6 is 11.3 Å². The van der Waals surface area contributed by atoms with Gasteiger partial charge in [0.25, 0.3) is 5.91 Å². The van der Waals surface area contributed by atoms with Gasteiger partial charge in [0.15, 0.2) is 10.7 Å². The van der Waals surface area contributed by atoms with Crippen LogP contribution in [0.1, 0.15) is 35.6 Å². The third-order valence-corrected chi connectivity index (χ3v) is 5.91. The maximum absolute atomic E-state index is 13.2. The maximum atomic E-state index is 13.2. The van der Waals surface area contributed by atoms with Crippen LogP contribution in [0.2, 0.25) is 0 Å². The number of fused-ring (bicyclic) bond motifs is 1. The van der Waals surface area contributed by atoms with Crippen LogP contribution in [0.3, 0.4) is 0 Å². The van der Waals surface area contributed by atoms with Crippen molar-refractivity contribution in [2.45, 2.75) is 32.9 Å². The predicted molar refractivity (Wildman–Crippen MR) is 118 cm³/mol. The number of amides is 1. The summed E-state index contributed by atoms with van der Waals surface area (Å²) in [5, 5.41) is 2.01. The zero-order chi connectivity index (χ0) is 20.8. The Bertz CT molecular complexity index is 919. The van der Waals surface area contributed by atoms with Gasteiger partial charge in [0.05, 0.1) is 12.3 Å². The molecule has 0 aliphatic rings. The van der Waals surface area contributed by atoms with E-state index in [1.807, 2.05) is 41.2 Å². The van der Waals surface area contributed by atoms with Crippen molar-refractivity contribution < 1.29 is 9.53 Å². The van der Waals surface area contributed by atoms with E-state index >= 15 is 0 Å². The Morgan fingerprint density at radius 3 is 2.69 bits per heavy atom. The standard InChI is InChI=1S/C22H30N4O2S/c1-17(2)25(12-14-28-4)16-19-20(23-22-26(19)13-15-29-22)21(27)24(3)11-10-18-8-6-5-7-9-18/h5-9,13,15,17H,10-12,14,16H2,1-4H3. The molecule has 0 saturated heterocycles. The molecular weight excluding hydrogens is 384 g/mol. The molecule has 156 valence electrons. The predicted octanol–water partition coefficient (Wildman–Crippen LogP) is 3.57. The van der Waals surface area contributed by atoms with E-state index in [0.717, 1.165) is 23.6 Å². The number of aromatic nitrogens is 2. The minimum atomic E-state index is -0.0257. The van der Waals surface area contributed by atoms with Crippen molar-refractivity contribution in [2.75, 3.05) is 33.9 Å². The van der Waals surface area contributed by atoms with E-state index in [4.69, 9.17) is 4.74 Å². The van der Waals surface area contributed by atoms with Gasteiger partial charge >= 0.3 is 0 Å². The van der Waals surface area contributed by atoms with Gasteiger partial charge in [0.2, 0.25) is 0 Å². The van der Waals surface area contributed by atoms with Crippen LogP contribution in [0, 0.1) is 0 Å². The summed E-state index contributed by atoms with van der Waals surface area (Å²) in [6, 6.07) is 10.6. The molecule has 1 aromatic carbocycles. The lowest BCUT2D eigenvalue weighted by atomic mass is 10.1. The number of imidazole rings is 1. The van der Waals surface area contributed by atoms with Crippen LogP contribution < -0.4 is 0 Å². The number of carbonyl (C=O) groups is 1. The SMILES string of the molecule is COCCN(Cc1c(C(=O)N(C)CCc2ccccc2)nc2sccn12)C(C)C. The Labute approximate surface area is 176 Å². The van der Waals surface area contributed by atoms with Crippen molar-refractivity contribution in [2.24, 2.45) is 0 Å². The van der Waals surface area contributed by atoms with Crippen molar-refractivity contribution in [3.63, 3.8) is 0 Å². The van der Waals surface area contributed by atoms with Crippen molar-refractivity contribution in [3.8, 4) is 0 Å². The van der Waals surface area contributed by atoms with Gasteiger partial charge in [0.1, 0.15) is 0 Å². The molecule has 0 fully saturated rings. The zero-order valence-corrected chi connectivity index (χ0v) is 18.5. The van der Waals surface area contributed by atoms with Crippen molar-refractivity contribution in [1.29, 1.82) is 0 Å². The molecular formula is C22H30N4O2S. The highest BCUT2D eigenvalue weighted by Crippen LogP contribution is 2.21. The van der Waals surface area contributed by atoms with Gasteiger partial charge in [-0.05, 0) is 25.8 Å². The van der Waals surface area contributed by atoms with Gasteiger partial charge in [-0.3, -0.25) is 14.1 Å². The third-order valence-electron chi connectivity index (χ3n) is 5.15. The Morgan fingerprint density at radius 1 is 1.24 bits per heavy atom. The van der Waals surface area contributed by atoms with Crippen molar-refractivity contribution >= 4 is 22.2 Å². The minimum absolute atomic E-state index is 0.0257. The Hall–Kier alpha value is -2.22. The molecule has 29 heavy (non-hydrogen) atoms. The van der Waals surface area contributed by atoms with E-state index in [9.17, 15) is 4.79 Å². The molecule has 3 aromatic rings. The van der Waals surface area contributed by atoms with Crippen LogP contribution in [0.5, 0.6) is 0 Å². The lowest BCUT2D eigenvalue weighted by Gasteiger charge is -2.26.